The first-order valence-corrected chi connectivity index (χ1v) is 23.1. The van der Waals surface area contributed by atoms with E-state index in [4.69, 9.17) is 15.0 Å². The number of aromatic nitrogens is 4. The van der Waals surface area contributed by atoms with E-state index in [1.54, 1.807) is 0 Å². The van der Waals surface area contributed by atoms with Gasteiger partial charge in [-0.15, -0.1) is 11.3 Å². The summed E-state index contributed by atoms with van der Waals surface area (Å²) in [5.74, 6) is 1.84. The predicted molar refractivity (Wildman–Crippen MR) is 277 cm³/mol. The minimum Gasteiger partial charge on any atom is -0.309 e. The van der Waals surface area contributed by atoms with Gasteiger partial charge in [-0.2, -0.15) is 0 Å². The Hall–Kier alpha value is -8.51. The number of fused-ring (bicyclic) bond motifs is 7. The summed E-state index contributed by atoms with van der Waals surface area (Å²) in [6.07, 6.45) is 0. The smallest absolute Gasteiger partial charge is 0.164 e. The van der Waals surface area contributed by atoms with Crippen molar-refractivity contribution in [1.82, 2.24) is 19.5 Å². The second-order valence-corrected chi connectivity index (χ2v) is 17.9. The molecule has 4 nitrogen and oxygen atoms in total. The molecule has 13 rings (SSSR count). The lowest BCUT2D eigenvalue weighted by atomic mass is 9.97. The minimum absolute atomic E-state index is 0.612. The Morgan fingerprint density at radius 1 is 0.288 bits per heavy atom. The lowest BCUT2D eigenvalue weighted by Gasteiger charge is -2.16. The van der Waals surface area contributed by atoms with Gasteiger partial charge >= 0.3 is 0 Å². The van der Waals surface area contributed by atoms with Gasteiger partial charge in [-0.1, -0.05) is 182 Å². The molecule has 0 unspecified atom stereocenters. The van der Waals surface area contributed by atoms with Crippen LogP contribution in [0, 0.1) is 0 Å². The van der Waals surface area contributed by atoms with Crippen LogP contribution in [0.3, 0.4) is 0 Å². The predicted octanol–water partition coefficient (Wildman–Crippen LogP) is 16.5. The van der Waals surface area contributed by atoms with Crippen LogP contribution in [0.1, 0.15) is 0 Å². The van der Waals surface area contributed by atoms with E-state index in [1.165, 1.54) is 41.7 Å². The Bertz CT molecular complexity index is 3860. The number of rotatable bonds is 7. The monoisotopic (exact) mass is 858 g/mol. The minimum atomic E-state index is 0.612. The maximum Gasteiger partial charge on any atom is 0.164 e. The first-order chi connectivity index (χ1) is 32.7. The molecule has 0 spiro atoms. The van der Waals surface area contributed by atoms with Gasteiger partial charge in [-0.3, -0.25) is 0 Å². The van der Waals surface area contributed by atoms with Gasteiger partial charge in [0.2, 0.25) is 0 Å². The molecule has 0 fully saturated rings. The normalized spacial score (nSPS) is 11.6. The average molecular weight is 859 g/mol. The summed E-state index contributed by atoms with van der Waals surface area (Å²) < 4.78 is 4.93. The third-order valence-corrected chi connectivity index (χ3v) is 14.0. The summed E-state index contributed by atoms with van der Waals surface area (Å²) in [6, 6.07) is 82.4. The lowest BCUT2D eigenvalue weighted by molar-refractivity contribution is 1.07. The van der Waals surface area contributed by atoms with Crippen LogP contribution in [-0.2, 0) is 0 Å². The molecule has 5 heteroatoms. The fourth-order valence-electron chi connectivity index (χ4n) is 9.57. The highest BCUT2D eigenvalue weighted by molar-refractivity contribution is 7.25. The van der Waals surface area contributed by atoms with E-state index in [0.29, 0.717) is 17.5 Å². The Kier molecular flexibility index (Phi) is 9.00. The molecular weight excluding hydrogens is 821 g/mol. The van der Waals surface area contributed by atoms with Gasteiger partial charge in [0.25, 0.3) is 0 Å². The summed E-state index contributed by atoms with van der Waals surface area (Å²) in [4.78, 5) is 15.9. The van der Waals surface area contributed by atoms with Crippen molar-refractivity contribution in [2.24, 2.45) is 0 Å². The Labute approximate surface area is 385 Å². The molecule has 3 aromatic heterocycles. The SMILES string of the molecule is c1ccc(-c2ccc(-c3nc(-c4ccc(-c5ccccc5)cc4)nc(-c4ccc(-n5c6ccccc6c6cc7ccccc7cc65)cc4-c4ccc5c(c4)sc4ccccc45)n3)cc2)cc1. The highest BCUT2D eigenvalue weighted by atomic mass is 32.1. The second kappa shape index (κ2) is 15.6. The fourth-order valence-corrected chi connectivity index (χ4v) is 10.7. The van der Waals surface area contributed by atoms with E-state index in [9.17, 15) is 0 Å². The van der Waals surface area contributed by atoms with Gasteiger partial charge in [0, 0.05) is 53.3 Å². The Balaban J connectivity index is 1.04. The van der Waals surface area contributed by atoms with Crippen molar-refractivity contribution in [3.8, 4) is 73.2 Å². The van der Waals surface area contributed by atoms with Crippen LogP contribution in [0.5, 0.6) is 0 Å². The zero-order valence-corrected chi connectivity index (χ0v) is 36.5. The van der Waals surface area contributed by atoms with Crippen molar-refractivity contribution in [2.75, 3.05) is 0 Å². The Morgan fingerprint density at radius 2 is 0.803 bits per heavy atom. The van der Waals surface area contributed by atoms with Gasteiger partial charge in [0.05, 0.1) is 11.0 Å². The number of thiophene rings is 1. The summed E-state index contributed by atoms with van der Waals surface area (Å²) in [6.45, 7) is 0. The van der Waals surface area contributed by atoms with E-state index < -0.39 is 0 Å². The summed E-state index contributed by atoms with van der Waals surface area (Å²) >= 11 is 1.83. The number of nitrogens with zero attached hydrogens (tertiary/aromatic N) is 4. The van der Waals surface area contributed by atoms with Crippen LogP contribution < -0.4 is 0 Å². The zero-order chi connectivity index (χ0) is 43.6. The van der Waals surface area contributed by atoms with E-state index in [1.807, 2.05) is 23.5 Å². The number of benzene rings is 10. The largest absolute Gasteiger partial charge is 0.309 e. The van der Waals surface area contributed by atoms with E-state index >= 15 is 0 Å². The second-order valence-electron chi connectivity index (χ2n) is 16.8. The van der Waals surface area contributed by atoms with Crippen LogP contribution in [0.25, 0.3) is 126 Å². The molecule has 10 aromatic carbocycles. The molecule has 0 amide bonds. The van der Waals surface area contributed by atoms with Gasteiger partial charge in [-0.25, -0.2) is 15.0 Å². The molecule has 13 aromatic rings. The molecule has 0 aliphatic carbocycles. The number of para-hydroxylation sites is 1. The molecule has 66 heavy (non-hydrogen) atoms. The molecule has 3 heterocycles. The highest BCUT2D eigenvalue weighted by Crippen LogP contribution is 2.42. The van der Waals surface area contributed by atoms with Crippen LogP contribution >= 0.6 is 11.3 Å². The molecule has 0 saturated heterocycles. The summed E-state index contributed by atoms with van der Waals surface area (Å²) in [5, 5.41) is 7.42. The third-order valence-electron chi connectivity index (χ3n) is 12.9. The van der Waals surface area contributed by atoms with Gasteiger partial charge in [0.1, 0.15) is 0 Å². The van der Waals surface area contributed by atoms with Crippen molar-refractivity contribution in [1.29, 1.82) is 0 Å². The molecule has 0 atom stereocenters. The zero-order valence-electron chi connectivity index (χ0n) is 35.6. The molecule has 0 aliphatic rings. The van der Waals surface area contributed by atoms with Gasteiger partial charge in [0.15, 0.2) is 17.5 Å². The van der Waals surface area contributed by atoms with Gasteiger partial charge < -0.3 is 4.57 Å². The van der Waals surface area contributed by atoms with Crippen LogP contribution in [0.15, 0.2) is 231 Å². The summed E-state index contributed by atoms with van der Waals surface area (Å²) in [7, 11) is 0. The van der Waals surface area contributed by atoms with Crippen molar-refractivity contribution >= 4 is 64.1 Å². The third kappa shape index (κ3) is 6.56. The van der Waals surface area contributed by atoms with Crippen LogP contribution in [0.4, 0.5) is 0 Å². The van der Waals surface area contributed by atoms with E-state index in [2.05, 4.69) is 223 Å². The molecule has 0 saturated carbocycles. The van der Waals surface area contributed by atoms with Crippen molar-refractivity contribution in [2.45, 2.75) is 0 Å². The molecule has 0 radical (unpaired) electrons. The molecule has 308 valence electrons. The first-order valence-electron chi connectivity index (χ1n) is 22.2. The van der Waals surface area contributed by atoms with Crippen molar-refractivity contribution in [3.05, 3.63) is 231 Å². The van der Waals surface area contributed by atoms with Gasteiger partial charge in [-0.05, 0) is 92.7 Å². The fraction of sp³-hybridized carbons (Fsp3) is 0. The Morgan fingerprint density at radius 3 is 1.48 bits per heavy atom. The lowest BCUT2D eigenvalue weighted by Crippen LogP contribution is -2.02. The van der Waals surface area contributed by atoms with Crippen LogP contribution in [0.2, 0.25) is 0 Å². The molecule has 0 aliphatic heterocycles. The topological polar surface area (TPSA) is 43.6 Å². The van der Waals surface area contributed by atoms with Crippen molar-refractivity contribution in [3.63, 3.8) is 0 Å². The average Bonchev–Trinajstić information content (AvgIpc) is 3.93. The quantitative estimate of drug-likeness (QED) is 0.160. The maximum absolute atomic E-state index is 5.35. The molecule has 0 N–H and O–H groups in total. The highest BCUT2D eigenvalue weighted by Gasteiger charge is 2.20. The maximum atomic E-state index is 5.35. The molecule has 0 bridgehead atoms. The standard InChI is InChI=1S/C61H38N4S/c1-3-13-39(14-4-1)41-23-27-43(28-24-41)59-62-60(44-29-25-42(26-30-44)40-15-5-2-6-16-40)64-61(63-59)52-34-32-48(38-53(52)47-31-33-51-50-20-10-12-22-57(50)66-58(51)37-47)65-55-21-11-9-19-49(55)54-35-45-17-7-8-18-46(45)36-56(54)65/h1-38H. The summed E-state index contributed by atoms with van der Waals surface area (Å²) in [5.41, 5.74) is 12.9. The van der Waals surface area contributed by atoms with E-state index in [0.717, 1.165) is 66.8 Å². The van der Waals surface area contributed by atoms with Crippen LogP contribution in [-0.4, -0.2) is 19.5 Å². The van der Waals surface area contributed by atoms with E-state index in [-0.39, 0.29) is 0 Å². The van der Waals surface area contributed by atoms with Crippen molar-refractivity contribution < 1.29 is 0 Å². The molecular formula is C61H38N4S. The first kappa shape index (κ1) is 38.0. The number of hydrogen-bond acceptors (Lipinski definition) is 4. The number of hydrogen-bond donors (Lipinski definition) is 0.